The van der Waals surface area contributed by atoms with Crippen LogP contribution in [0, 0.1) is 5.92 Å². The molecule has 0 bridgehead atoms. The molecule has 0 aliphatic carbocycles. The standard InChI is InChI=1S/C14H21NO2S/c1-12-7-8-15(11-14(12)16)9-10-18(17)13-5-3-2-4-6-13/h2-6,12,14,16H,7-11H2,1H3. The van der Waals surface area contributed by atoms with Crippen molar-refractivity contribution in [1.29, 1.82) is 0 Å². The van der Waals surface area contributed by atoms with Crippen molar-refractivity contribution in [2.75, 3.05) is 25.4 Å². The molecular formula is C14H21NO2S. The summed E-state index contributed by atoms with van der Waals surface area (Å²) in [5, 5.41) is 9.81. The van der Waals surface area contributed by atoms with Gasteiger partial charge in [0, 0.05) is 23.7 Å². The molecule has 0 spiro atoms. The predicted molar refractivity (Wildman–Crippen MR) is 73.9 cm³/mol. The number of β-amino-alcohol motifs (C(OH)–C–C–N with tert-alkyl or cyclic N) is 1. The van der Waals surface area contributed by atoms with Gasteiger partial charge in [0.2, 0.25) is 0 Å². The number of piperidine rings is 1. The molecule has 18 heavy (non-hydrogen) atoms. The molecular weight excluding hydrogens is 246 g/mol. The molecule has 2 rings (SSSR count). The van der Waals surface area contributed by atoms with Crippen LogP contribution in [-0.2, 0) is 10.8 Å². The first-order chi connectivity index (χ1) is 8.66. The van der Waals surface area contributed by atoms with Gasteiger partial charge in [0.1, 0.15) is 0 Å². The zero-order valence-corrected chi connectivity index (χ0v) is 11.6. The highest BCUT2D eigenvalue weighted by Crippen LogP contribution is 2.17. The Morgan fingerprint density at radius 1 is 1.39 bits per heavy atom. The molecule has 3 unspecified atom stereocenters. The molecule has 1 saturated heterocycles. The van der Waals surface area contributed by atoms with Gasteiger partial charge >= 0.3 is 0 Å². The average Bonchev–Trinajstić information content (AvgIpc) is 2.41. The molecule has 1 aromatic rings. The third kappa shape index (κ3) is 3.64. The van der Waals surface area contributed by atoms with Gasteiger partial charge in [-0.2, -0.15) is 0 Å². The molecule has 0 amide bonds. The van der Waals surface area contributed by atoms with Crippen LogP contribution in [0.15, 0.2) is 35.2 Å². The van der Waals surface area contributed by atoms with Crippen molar-refractivity contribution in [3.8, 4) is 0 Å². The maximum absolute atomic E-state index is 12.1. The third-order valence-electron chi connectivity index (χ3n) is 3.60. The lowest BCUT2D eigenvalue weighted by Crippen LogP contribution is -2.44. The van der Waals surface area contributed by atoms with Crippen molar-refractivity contribution >= 4 is 10.8 Å². The summed E-state index contributed by atoms with van der Waals surface area (Å²) < 4.78 is 12.1. The number of hydrogen-bond acceptors (Lipinski definition) is 3. The van der Waals surface area contributed by atoms with E-state index in [0.29, 0.717) is 18.2 Å². The topological polar surface area (TPSA) is 40.5 Å². The van der Waals surface area contributed by atoms with E-state index < -0.39 is 10.8 Å². The quantitative estimate of drug-likeness (QED) is 0.898. The summed E-state index contributed by atoms with van der Waals surface area (Å²) in [5.41, 5.74) is 0. The summed E-state index contributed by atoms with van der Waals surface area (Å²) >= 11 is 0. The summed E-state index contributed by atoms with van der Waals surface area (Å²) in [6.07, 6.45) is 0.794. The first-order valence-corrected chi connectivity index (χ1v) is 7.82. The van der Waals surface area contributed by atoms with E-state index in [2.05, 4.69) is 11.8 Å². The smallest absolute Gasteiger partial charge is 0.0693 e. The van der Waals surface area contributed by atoms with E-state index >= 15 is 0 Å². The molecule has 1 aromatic carbocycles. The molecule has 1 fully saturated rings. The van der Waals surface area contributed by atoms with Crippen LogP contribution < -0.4 is 0 Å². The third-order valence-corrected chi connectivity index (χ3v) is 4.95. The van der Waals surface area contributed by atoms with Crippen LogP contribution in [0.1, 0.15) is 13.3 Å². The van der Waals surface area contributed by atoms with Crippen molar-refractivity contribution in [2.24, 2.45) is 5.92 Å². The molecule has 1 N–H and O–H groups in total. The van der Waals surface area contributed by atoms with Gasteiger partial charge in [-0.1, -0.05) is 25.1 Å². The Kier molecular flexibility index (Phi) is 4.92. The van der Waals surface area contributed by atoms with E-state index in [9.17, 15) is 9.32 Å². The van der Waals surface area contributed by atoms with Crippen LogP contribution in [0.4, 0.5) is 0 Å². The van der Waals surface area contributed by atoms with E-state index in [1.807, 2.05) is 30.3 Å². The number of benzene rings is 1. The fourth-order valence-electron chi connectivity index (χ4n) is 2.22. The van der Waals surface area contributed by atoms with Crippen LogP contribution in [0.3, 0.4) is 0 Å². The molecule has 1 aliphatic rings. The van der Waals surface area contributed by atoms with Crippen molar-refractivity contribution in [3.05, 3.63) is 30.3 Å². The first kappa shape index (κ1) is 13.7. The minimum atomic E-state index is -0.928. The normalized spacial score (nSPS) is 27.0. The Hall–Kier alpha value is -0.710. The Balaban J connectivity index is 1.80. The summed E-state index contributed by atoms with van der Waals surface area (Å²) in [6, 6.07) is 9.58. The highest BCUT2D eigenvalue weighted by atomic mass is 32.2. The zero-order chi connectivity index (χ0) is 13.0. The van der Waals surface area contributed by atoms with Gasteiger partial charge in [-0.3, -0.25) is 9.11 Å². The van der Waals surface area contributed by atoms with Crippen molar-refractivity contribution < 1.29 is 9.32 Å². The van der Waals surface area contributed by atoms with Crippen molar-refractivity contribution in [1.82, 2.24) is 4.90 Å². The van der Waals surface area contributed by atoms with Crippen molar-refractivity contribution in [3.63, 3.8) is 0 Å². The monoisotopic (exact) mass is 267 g/mol. The van der Waals surface area contributed by atoms with Crippen LogP contribution in [0.25, 0.3) is 0 Å². The number of aliphatic hydroxyl groups is 1. The van der Waals surface area contributed by atoms with Gasteiger partial charge in [-0.25, -0.2) is 0 Å². The zero-order valence-electron chi connectivity index (χ0n) is 10.8. The van der Waals surface area contributed by atoms with Gasteiger partial charge in [-0.05, 0) is 31.0 Å². The van der Waals surface area contributed by atoms with Gasteiger partial charge < -0.3 is 5.11 Å². The Morgan fingerprint density at radius 3 is 2.78 bits per heavy atom. The first-order valence-electron chi connectivity index (χ1n) is 6.50. The number of rotatable bonds is 4. The molecule has 4 heteroatoms. The summed E-state index contributed by atoms with van der Waals surface area (Å²) in [6.45, 7) is 4.60. The Bertz CT molecular complexity index is 396. The number of hydrogen-bond donors (Lipinski definition) is 1. The van der Waals surface area contributed by atoms with Gasteiger partial charge in [0.05, 0.1) is 16.9 Å². The van der Waals surface area contributed by atoms with Crippen molar-refractivity contribution in [2.45, 2.75) is 24.3 Å². The second kappa shape index (κ2) is 6.45. The van der Waals surface area contributed by atoms with Gasteiger partial charge in [0.15, 0.2) is 0 Å². The lowest BCUT2D eigenvalue weighted by Gasteiger charge is -2.34. The predicted octanol–water partition coefficient (Wildman–Crippen LogP) is 1.50. The number of likely N-dealkylation sites (tertiary alicyclic amines) is 1. The minimum Gasteiger partial charge on any atom is -0.392 e. The second-order valence-corrected chi connectivity index (χ2v) is 6.57. The molecule has 1 aliphatic heterocycles. The summed E-state index contributed by atoms with van der Waals surface area (Å²) in [5.74, 6) is 1.03. The second-order valence-electron chi connectivity index (χ2n) is 5.00. The van der Waals surface area contributed by atoms with Crippen LogP contribution in [0.5, 0.6) is 0 Å². The molecule has 3 atom stereocenters. The fraction of sp³-hybridized carbons (Fsp3) is 0.571. The Morgan fingerprint density at radius 2 is 2.11 bits per heavy atom. The Labute approximate surface area is 111 Å². The highest BCUT2D eigenvalue weighted by molar-refractivity contribution is 7.85. The molecule has 3 nitrogen and oxygen atoms in total. The molecule has 0 saturated carbocycles. The van der Waals surface area contributed by atoms with E-state index in [-0.39, 0.29) is 6.10 Å². The SMILES string of the molecule is CC1CCN(CCS(=O)c2ccccc2)CC1O. The number of aliphatic hydroxyl groups excluding tert-OH is 1. The maximum atomic E-state index is 12.1. The molecule has 1 heterocycles. The largest absolute Gasteiger partial charge is 0.392 e. The van der Waals surface area contributed by atoms with Gasteiger partial charge in [-0.15, -0.1) is 0 Å². The van der Waals surface area contributed by atoms with E-state index in [1.54, 1.807) is 0 Å². The van der Waals surface area contributed by atoms with E-state index in [1.165, 1.54) is 0 Å². The lowest BCUT2D eigenvalue weighted by atomic mass is 9.96. The van der Waals surface area contributed by atoms with Gasteiger partial charge in [0.25, 0.3) is 0 Å². The number of nitrogens with zero attached hydrogens (tertiary/aromatic N) is 1. The summed E-state index contributed by atoms with van der Waals surface area (Å²) in [7, 11) is -0.928. The molecule has 0 radical (unpaired) electrons. The lowest BCUT2D eigenvalue weighted by molar-refractivity contribution is 0.0320. The fourth-order valence-corrected chi connectivity index (χ4v) is 3.34. The minimum absolute atomic E-state index is 0.232. The highest BCUT2D eigenvalue weighted by Gasteiger charge is 2.24. The van der Waals surface area contributed by atoms with Crippen LogP contribution >= 0.6 is 0 Å². The molecule has 0 aromatic heterocycles. The van der Waals surface area contributed by atoms with Crippen LogP contribution in [0.2, 0.25) is 0 Å². The average molecular weight is 267 g/mol. The summed E-state index contributed by atoms with van der Waals surface area (Å²) in [4.78, 5) is 3.11. The van der Waals surface area contributed by atoms with Crippen LogP contribution in [-0.4, -0.2) is 45.7 Å². The maximum Gasteiger partial charge on any atom is 0.0693 e. The molecule has 100 valence electrons. The van der Waals surface area contributed by atoms with E-state index in [0.717, 1.165) is 24.4 Å². The van der Waals surface area contributed by atoms with E-state index in [4.69, 9.17) is 0 Å².